The van der Waals surface area contributed by atoms with Gasteiger partial charge in [-0.25, -0.2) is 0 Å². The van der Waals surface area contributed by atoms with Gasteiger partial charge in [-0.05, 0) is 28.9 Å². The zero-order valence-corrected chi connectivity index (χ0v) is 16.0. The van der Waals surface area contributed by atoms with Crippen molar-refractivity contribution in [2.24, 2.45) is 7.05 Å². The summed E-state index contributed by atoms with van der Waals surface area (Å²) in [7, 11) is 2.04. The fourth-order valence-corrected chi connectivity index (χ4v) is 3.82. The van der Waals surface area contributed by atoms with E-state index in [0.717, 1.165) is 30.8 Å². The van der Waals surface area contributed by atoms with E-state index in [-0.39, 0.29) is 0 Å². The molecule has 1 atom stereocenters. The van der Waals surface area contributed by atoms with Gasteiger partial charge in [-0.15, -0.1) is 0 Å². The minimum atomic E-state index is 0.311. The van der Waals surface area contributed by atoms with Gasteiger partial charge in [0, 0.05) is 30.0 Å². The number of nitrogens with zero attached hydrogens (tertiary/aromatic N) is 2. The molecule has 1 aromatic rings. The van der Waals surface area contributed by atoms with Gasteiger partial charge in [0.15, 0.2) is 0 Å². The zero-order chi connectivity index (χ0) is 15.3. The molecule has 0 aliphatic heterocycles. The Balaban J connectivity index is 2.77. The SMILES string of the molecule is CCNC(CSC(C)(C)C)Cc1c(Br)c(CC)nn1C. The third-order valence-corrected chi connectivity index (χ3v) is 5.50. The number of hydrogen-bond donors (Lipinski definition) is 1. The summed E-state index contributed by atoms with van der Waals surface area (Å²) in [6, 6.07) is 0.487. The van der Waals surface area contributed by atoms with Crippen molar-refractivity contribution in [3.05, 3.63) is 15.9 Å². The second-order valence-electron chi connectivity index (χ2n) is 6.07. The molecule has 0 amide bonds. The highest BCUT2D eigenvalue weighted by Crippen LogP contribution is 2.27. The van der Waals surface area contributed by atoms with Crippen LogP contribution in [-0.2, 0) is 19.9 Å². The number of rotatable bonds is 7. The molecule has 116 valence electrons. The number of thioether (sulfide) groups is 1. The van der Waals surface area contributed by atoms with Gasteiger partial charge in [0.2, 0.25) is 0 Å². The Bertz CT molecular complexity index is 423. The second-order valence-corrected chi connectivity index (χ2v) is 8.71. The highest BCUT2D eigenvalue weighted by atomic mass is 79.9. The van der Waals surface area contributed by atoms with Crippen molar-refractivity contribution in [1.82, 2.24) is 15.1 Å². The maximum Gasteiger partial charge on any atom is 0.0766 e. The lowest BCUT2D eigenvalue weighted by Gasteiger charge is -2.23. The van der Waals surface area contributed by atoms with E-state index < -0.39 is 0 Å². The lowest BCUT2D eigenvalue weighted by Crippen LogP contribution is -2.35. The highest BCUT2D eigenvalue weighted by Gasteiger charge is 2.19. The Hall–Kier alpha value is 0. The van der Waals surface area contributed by atoms with Crippen LogP contribution >= 0.6 is 27.7 Å². The van der Waals surface area contributed by atoms with Crippen LogP contribution in [0.1, 0.15) is 46.0 Å². The number of aryl methyl sites for hydroxylation is 2. The van der Waals surface area contributed by atoms with E-state index in [1.807, 2.05) is 23.5 Å². The van der Waals surface area contributed by atoms with Gasteiger partial charge in [-0.1, -0.05) is 34.6 Å². The largest absolute Gasteiger partial charge is 0.313 e. The van der Waals surface area contributed by atoms with E-state index in [4.69, 9.17) is 0 Å². The van der Waals surface area contributed by atoms with E-state index in [9.17, 15) is 0 Å². The lowest BCUT2D eigenvalue weighted by molar-refractivity contribution is 0.546. The van der Waals surface area contributed by atoms with Gasteiger partial charge in [0.05, 0.1) is 15.9 Å². The molecule has 3 nitrogen and oxygen atoms in total. The standard InChI is InChI=1S/C15H28BrN3S/c1-7-12-14(16)13(19(6)18-12)9-11(17-8-2)10-20-15(3,4)5/h11,17H,7-10H2,1-6H3. The van der Waals surface area contributed by atoms with E-state index in [1.165, 1.54) is 10.2 Å². The Kier molecular flexibility index (Phi) is 7.09. The first kappa shape index (κ1) is 18.1. The first-order chi connectivity index (χ1) is 9.28. The fourth-order valence-electron chi connectivity index (χ4n) is 2.10. The van der Waals surface area contributed by atoms with Crippen LogP contribution in [0.2, 0.25) is 0 Å². The predicted molar refractivity (Wildman–Crippen MR) is 93.7 cm³/mol. The molecule has 0 saturated heterocycles. The summed E-state index contributed by atoms with van der Waals surface area (Å²) in [6.45, 7) is 12.1. The van der Waals surface area contributed by atoms with Crippen LogP contribution in [-0.4, -0.2) is 32.9 Å². The first-order valence-electron chi connectivity index (χ1n) is 7.36. The molecule has 0 bridgehead atoms. The molecule has 0 aromatic carbocycles. The van der Waals surface area contributed by atoms with Crippen LogP contribution in [0.5, 0.6) is 0 Å². The molecule has 0 aliphatic carbocycles. The third kappa shape index (κ3) is 5.41. The van der Waals surface area contributed by atoms with Gasteiger partial charge in [0.25, 0.3) is 0 Å². The monoisotopic (exact) mass is 361 g/mol. The molecule has 0 aliphatic rings. The van der Waals surface area contributed by atoms with Crippen LogP contribution in [0.25, 0.3) is 0 Å². The van der Waals surface area contributed by atoms with Crippen LogP contribution in [0, 0.1) is 0 Å². The quantitative estimate of drug-likeness (QED) is 0.800. The number of halogens is 1. The first-order valence-corrected chi connectivity index (χ1v) is 9.13. The molecular formula is C15H28BrN3S. The van der Waals surface area contributed by atoms with E-state index in [0.29, 0.717) is 10.8 Å². The van der Waals surface area contributed by atoms with Crippen LogP contribution in [0.4, 0.5) is 0 Å². The number of nitrogens with one attached hydrogen (secondary N) is 1. The summed E-state index contributed by atoms with van der Waals surface area (Å²) in [5.41, 5.74) is 2.45. The van der Waals surface area contributed by atoms with Crippen LogP contribution < -0.4 is 5.32 Å². The van der Waals surface area contributed by atoms with Crippen molar-refractivity contribution < 1.29 is 0 Å². The van der Waals surface area contributed by atoms with Crippen LogP contribution in [0.3, 0.4) is 0 Å². The van der Waals surface area contributed by atoms with Gasteiger partial charge in [-0.3, -0.25) is 4.68 Å². The van der Waals surface area contributed by atoms with Crippen molar-refractivity contribution in [2.45, 2.75) is 58.2 Å². The average Bonchev–Trinajstić information content (AvgIpc) is 2.62. The number of aromatic nitrogens is 2. The zero-order valence-electron chi connectivity index (χ0n) is 13.6. The maximum atomic E-state index is 4.59. The Morgan fingerprint density at radius 1 is 1.35 bits per heavy atom. The van der Waals surface area contributed by atoms with Crippen molar-refractivity contribution in [1.29, 1.82) is 0 Å². The van der Waals surface area contributed by atoms with E-state index >= 15 is 0 Å². The number of hydrogen-bond acceptors (Lipinski definition) is 3. The van der Waals surface area contributed by atoms with Gasteiger partial charge < -0.3 is 5.32 Å². The minimum absolute atomic E-state index is 0.311. The highest BCUT2D eigenvalue weighted by molar-refractivity contribution is 9.10. The van der Waals surface area contributed by atoms with Crippen molar-refractivity contribution >= 4 is 27.7 Å². The number of likely N-dealkylation sites (N-methyl/N-ethyl adjacent to an activating group) is 1. The molecular weight excluding hydrogens is 334 g/mol. The topological polar surface area (TPSA) is 29.9 Å². The Morgan fingerprint density at radius 3 is 2.45 bits per heavy atom. The Labute approximate surface area is 136 Å². The maximum absolute atomic E-state index is 4.59. The van der Waals surface area contributed by atoms with Gasteiger partial charge in [-0.2, -0.15) is 16.9 Å². The molecule has 0 saturated carbocycles. The summed E-state index contributed by atoms with van der Waals surface area (Å²) in [5.74, 6) is 1.12. The molecule has 1 heterocycles. The molecule has 5 heteroatoms. The molecule has 1 aromatic heterocycles. The molecule has 20 heavy (non-hydrogen) atoms. The van der Waals surface area contributed by atoms with Gasteiger partial charge >= 0.3 is 0 Å². The summed E-state index contributed by atoms with van der Waals surface area (Å²) < 4.78 is 3.52. The summed E-state index contributed by atoms with van der Waals surface area (Å²) in [4.78, 5) is 0. The summed E-state index contributed by atoms with van der Waals surface area (Å²) >= 11 is 5.73. The molecule has 0 fully saturated rings. The second kappa shape index (κ2) is 7.85. The van der Waals surface area contributed by atoms with Crippen LogP contribution in [0.15, 0.2) is 4.47 Å². The van der Waals surface area contributed by atoms with E-state index in [2.05, 4.69) is 61.0 Å². The lowest BCUT2D eigenvalue weighted by atomic mass is 10.1. The molecule has 1 unspecified atom stereocenters. The normalized spacial score (nSPS) is 13.8. The Morgan fingerprint density at radius 2 is 2.00 bits per heavy atom. The van der Waals surface area contributed by atoms with Crippen molar-refractivity contribution in [2.75, 3.05) is 12.3 Å². The fraction of sp³-hybridized carbons (Fsp3) is 0.800. The third-order valence-electron chi connectivity index (χ3n) is 3.15. The molecule has 1 N–H and O–H groups in total. The minimum Gasteiger partial charge on any atom is -0.313 e. The molecule has 0 spiro atoms. The van der Waals surface area contributed by atoms with Crippen molar-refractivity contribution in [3.8, 4) is 0 Å². The summed E-state index contributed by atoms with van der Waals surface area (Å²) in [6.07, 6.45) is 1.98. The predicted octanol–water partition coefficient (Wildman–Crippen LogP) is 3.80. The van der Waals surface area contributed by atoms with Gasteiger partial charge in [0.1, 0.15) is 0 Å². The molecule has 1 rings (SSSR count). The van der Waals surface area contributed by atoms with Crippen molar-refractivity contribution in [3.63, 3.8) is 0 Å². The molecule has 0 radical (unpaired) electrons. The van der Waals surface area contributed by atoms with E-state index in [1.54, 1.807) is 0 Å². The summed E-state index contributed by atoms with van der Waals surface area (Å²) in [5, 5.41) is 8.19. The smallest absolute Gasteiger partial charge is 0.0766 e. The average molecular weight is 362 g/mol.